The molecule has 0 radical (unpaired) electrons. The van der Waals surface area contributed by atoms with Crippen molar-refractivity contribution < 1.29 is 0 Å². The molecule has 8 aromatic carbocycles. The molecule has 0 saturated heterocycles. The molecule has 10 rings (SSSR count). The molecule has 1 heterocycles. The van der Waals surface area contributed by atoms with Gasteiger partial charge in [-0.25, -0.2) is 0 Å². The predicted molar refractivity (Wildman–Crippen MR) is 192 cm³/mol. The second-order valence-corrected chi connectivity index (χ2v) is 13.9. The molecule has 206 valence electrons. The van der Waals surface area contributed by atoms with Gasteiger partial charge in [0.1, 0.15) is 0 Å². The average molecular weight is 577 g/mol. The molecule has 0 amide bonds. The zero-order valence-electron chi connectivity index (χ0n) is 24.6. The standard InChI is InChI=1S/C43H28S/c1-43(2)35-18-9-11-25-23-34(33-17-10-19-36(43)42(33)40(25)35)41-31-15-5-3-13-29(31)39(30-14-4-6-16-32(30)41)26-21-22-28-27-12-7-8-20-37(27)44-38(28)24-26/h3-24H,1-2H3. The summed E-state index contributed by atoms with van der Waals surface area (Å²) < 4.78 is 2.68. The SMILES string of the molecule is CC1(C)c2cccc3cc(-c4c5ccccc5c(-c5ccc6c(c5)sc5ccccc56)c5ccccc45)c4cccc1c4c23. The largest absolute Gasteiger partial charge is 0.135 e. The fourth-order valence-electron chi connectivity index (χ4n) is 8.25. The van der Waals surface area contributed by atoms with Crippen molar-refractivity contribution in [2.75, 3.05) is 0 Å². The van der Waals surface area contributed by atoms with Crippen molar-refractivity contribution in [1.82, 2.24) is 0 Å². The Bertz CT molecular complexity index is 2630. The summed E-state index contributed by atoms with van der Waals surface area (Å²) in [6.45, 7) is 4.76. The highest BCUT2D eigenvalue weighted by atomic mass is 32.1. The summed E-state index contributed by atoms with van der Waals surface area (Å²) in [5.41, 5.74) is 8.11. The minimum atomic E-state index is -0.0147. The van der Waals surface area contributed by atoms with Crippen molar-refractivity contribution in [3.8, 4) is 22.3 Å². The molecule has 0 unspecified atom stereocenters. The lowest BCUT2D eigenvalue weighted by atomic mass is 9.81. The van der Waals surface area contributed by atoms with Crippen LogP contribution in [-0.2, 0) is 5.41 Å². The third-order valence-electron chi connectivity index (χ3n) is 10.2. The van der Waals surface area contributed by atoms with E-state index in [2.05, 4.69) is 147 Å². The first-order valence-corrected chi connectivity index (χ1v) is 16.3. The summed E-state index contributed by atoms with van der Waals surface area (Å²) in [5.74, 6) is 0. The van der Waals surface area contributed by atoms with Crippen LogP contribution >= 0.6 is 11.3 Å². The summed E-state index contributed by atoms with van der Waals surface area (Å²) in [4.78, 5) is 0. The molecule has 0 atom stereocenters. The minimum Gasteiger partial charge on any atom is -0.135 e. The zero-order valence-corrected chi connectivity index (χ0v) is 25.4. The Balaban J connectivity index is 1.35. The second kappa shape index (κ2) is 8.56. The van der Waals surface area contributed by atoms with Crippen molar-refractivity contribution >= 4 is 74.6 Å². The summed E-state index contributed by atoms with van der Waals surface area (Å²) in [6.07, 6.45) is 0. The molecular formula is C43H28S. The molecule has 0 aliphatic heterocycles. The minimum absolute atomic E-state index is 0.0147. The van der Waals surface area contributed by atoms with E-state index in [1.54, 1.807) is 0 Å². The molecular weight excluding hydrogens is 549 g/mol. The van der Waals surface area contributed by atoms with Crippen LogP contribution < -0.4 is 0 Å². The molecule has 0 spiro atoms. The van der Waals surface area contributed by atoms with Crippen LogP contribution in [0.3, 0.4) is 0 Å². The van der Waals surface area contributed by atoms with Gasteiger partial charge < -0.3 is 0 Å². The van der Waals surface area contributed by atoms with E-state index in [1.807, 2.05) is 11.3 Å². The average Bonchev–Trinajstić information content (AvgIpc) is 3.55. The van der Waals surface area contributed by atoms with Gasteiger partial charge in [-0.15, -0.1) is 11.3 Å². The number of fused-ring (bicyclic) bond motifs is 5. The van der Waals surface area contributed by atoms with E-state index in [-0.39, 0.29) is 5.41 Å². The molecule has 0 N–H and O–H groups in total. The lowest BCUT2D eigenvalue weighted by Crippen LogP contribution is -2.14. The number of hydrogen-bond donors (Lipinski definition) is 0. The molecule has 1 heteroatoms. The van der Waals surface area contributed by atoms with Crippen LogP contribution in [0.25, 0.3) is 85.5 Å². The predicted octanol–water partition coefficient (Wildman–Crippen LogP) is 12.6. The first-order chi connectivity index (χ1) is 21.6. The number of hydrogen-bond acceptors (Lipinski definition) is 1. The van der Waals surface area contributed by atoms with Gasteiger partial charge >= 0.3 is 0 Å². The van der Waals surface area contributed by atoms with Crippen molar-refractivity contribution in [2.24, 2.45) is 0 Å². The number of thiophene rings is 1. The maximum atomic E-state index is 2.46. The van der Waals surface area contributed by atoms with E-state index in [0.29, 0.717) is 0 Å². The van der Waals surface area contributed by atoms with Crippen LogP contribution in [0, 0.1) is 0 Å². The first-order valence-electron chi connectivity index (χ1n) is 15.4. The van der Waals surface area contributed by atoms with Crippen molar-refractivity contribution in [2.45, 2.75) is 19.3 Å². The second-order valence-electron chi connectivity index (χ2n) is 12.8. The van der Waals surface area contributed by atoms with Gasteiger partial charge in [-0.05, 0) is 94.7 Å². The normalized spacial score (nSPS) is 13.9. The van der Waals surface area contributed by atoms with Crippen LogP contribution in [0.15, 0.2) is 133 Å². The Kier molecular flexibility index (Phi) is 4.76. The molecule has 9 aromatic rings. The summed E-state index contributed by atoms with van der Waals surface area (Å²) in [5, 5.41) is 13.4. The Morgan fingerprint density at radius 2 is 1.00 bits per heavy atom. The van der Waals surface area contributed by atoms with Gasteiger partial charge in [0, 0.05) is 25.6 Å². The maximum absolute atomic E-state index is 2.46. The van der Waals surface area contributed by atoms with Crippen molar-refractivity contribution in [1.29, 1.82) is 0 Å². The van der Waals surface area contributed by atoms with E-state index in [0.717, 1.165) is 0 Å². The third-order valence-corrected chi connectivity index (χ3v) is 11.3. The Hall–Kier alpha value is -4.98. The van der Waals surface area contributed by atoms with Gasteiger partial charge in [-0.2, -0.15) is 0 Å². The molecule has 1 aliphatic carbocycles. The molecule has 0 saturated carbocycles. The molecule has 44 heavy (non-hydrogen) atoms. The highest BCUT2D eigenvalue weighted by molar-refractivity contribution is 7.25. The molecule has 0 bridgehead atoms. The van der Waals surface area contributed by atoms with Crippen LogP contribution in [0.5, 0.6) is 0 Å². The highest BCUT2D eigenvalue weighted by Crippen LogP contribution is 2.53. The Morgan fingerprint density at radius 3 is 1.73 bits per heavy atom. The van der Waals surface area contributed by atoms with Crippen LogP contribution in [0.1, 0.15) is 25.0 Å². The maximum Gasteiger partial charge on any atom is 0.0361 e. The Morgan fingerprint density at radius 1 is 0.432 bits per heavy atom. The topological polar surface area (TPSA) is 0 Å². The molecule has 1 aliphatic rings. The van der Waals surface area contributed by atoms with Gasteiger partial charge in [0.2, 0.25) is 0 Å². The third kappa shape index (κ3) is 3.07. The monoisotopic (exact) mass is 576 g/mol. The van der Waals surface area contributed by atoms with Crippen LogP contribution in [0.2, 0.25) is 0 Å². The van der Waals surface area contributed by atoms with Crippen molar-refractivity contribution in [3.63, 3.8) is 0 Å². The highest BCUT2D eigenvalue weighted by Gasteiger charge is 2.34. The lowest BCUT2D eigenvalue weighted by molar-refractivity contribution is 0.663. The first kappa shape index (κ1) is 24.5. The lowest BCUT2D eigenvalue weighted by Gasteiger charge is -2.21. The van der Waals surface area contributed by atoms with Gasteiger partial charge in [0.05, 0.1) is 0 Å². The van der Waals surface area contributed by atoms with Gasteiger partial charge in [0.25, 0.3) is 0 Å². The van der Waals surface area contributed by atoms with Gasteiger partial charge in [-0.3, -0.25) is 0 Å². The molecule has 0 nitrogen and oxygen atoms in total. The smallest absolute Gasteiger partial charge is 0.0361 e. The quantitative estimate of drug-likeness (QED) is 0.142. The number of rotatable bonds is 2. The van der Waals surface area contributed by atoms with Gasteiger partial charge in [-0.1, -0.05) is 129 Å². The van der Waals surface area contributed by atoms with E-state index < -0.39 is 0 Å². The molecule has 1 aromatic heterocycles. The molecule has 0 fully saturated rings. The van der Waals surface area contributed by atoms with E-state index in [4.69, 9.17) is 0 Å². The summed E-state index contributed by atoms with van der Waals surface area (Å²) in [7, 11) is 0. The van der Waals surface area contributed by atoms with Gasteiger partial charge in [0.15, 0.2) is 0 Å². The fourth-order valence-corrected chi connectivity index (χ4v) is 9.40. The Labute approximate surface area is 259 Å². The van der Waals surface area contributed by atoms with E-state index in [1.165, 1.54) is 96.6 Å². The van der Waals surface area contributed by atoms with Crippen LogP contribution in [0.4, 0.5) is 0 Å². The van der Waals surface area contributed by atoms with Crippen molar-refractivity contribution in [3.05, 3.63) is 145 Å². The zero-order chi connectivity index (χ0) is 29.2. The fraction of sp³-hybridized carbons (Fsp3) is 0.0698. The summed E-state index contributed by atoms with van der Waals surface area (Å²) in [6, 6.07) is 50.2. The van der Waals surface area contributed by atoms with Crippen LogP contribution in [-0.4, -0.2) is 0 Å². The van der Waals surface area contributed by atoms with E-state index in [9.17, 15) is 0 Å². The summed E-state index contributed by atoms with van der Waals surface area (Å²) >= 11 is 1.89. The number of benzene rings is 8. The van der Waals surface area contributed by atoms with E-state index >= 15 is 0 Å².